The standard InChI is InChI=1S/C14H20F2N2O2S/c1-9(2)18(8-10-3-4-10)21(19,20)13-6-11(7-17)5-12(15)14(13)16/h5-6,9-10H,3-4,7-8,17H2,1-2H3. The summed E-state index contributed by atoms with van der Waals surface area (Å²) < 4.78 is 54.1. The van der Waals surface area contributed by atoms with Gasteiger partial charge in [-0.05, 0) is 50.3 Å². The minimum Gasteiger partial charge on any atom is -0.326 e. The van der Waals surface area contributed by atoms with Crippen molar-refractivity contribution in [1.29, 1.82) is 0 Å². The molecular formula is C14H20F2N2O2S. The maximum Gasteiger partial charge on any atom is 0.246 e. The molecule has 21 heavy (non-hydrogen) atoms. The molecule has 4 nitrogen and oxygen atoms in total. The molecule has 0 saturated heterocycles. The molecule has 1 aromatic rings. The Labute approximate surface area is 124 Å². The van der Waals surface area contributed by atoms with E-state index in [1.165, 1.54) is 4.31 Å². The number of nitrogens with zero attached hydrogens (tertiary/aromatic N) is 1. The van der Waals surface area contributed by atoms with Crippen LogP contribution in [0.5, 0.6) is 0 Å². The first-order chi connectivity index (χ1) is 9.77. The molecule has 0 aliphatic heterocycles. The van der Waals surface area contributed by atoms with Crippen molar-refractivity contribution in [1.82, 2.24) is 4.31 Å². The molecule has 1 aromatic carbocycles. The van der Waals surface area contributed by atoms with Crippen molar-refractivity contribution in [3.8, 4) is 0 Å². The lowest BCUT2D eigenvalue weighted by Gasteiger charge is -2.26. The van der Waals surface area contributed by atoms with Crippen LogP contribution in [0.3, 0.4) is 0 Å². The van der Waals surface area contributed by atoms with E-state index in [0.29, 0.717) is 12.5 Å². The maximum absolute atomic E-state index is 14.0. The van der Waals surface area contributed by atoms with E-state index in [4.69, 9.17) is 5.73 Å². The molecule has 2 rings (SSSR count). The zero-order valence-corrected chi connectivity index (χ0v) is 13.0. The highest BCUT2D eigenvalue weighted by Crippen LogP contribution is 2.33. The van der Waals surface area contributed by atoms with Gasteiger partial charge in [0, 0.05) is 19.1 Å². The monoisotopic (exact) mass is 318 g/mol. The summed E-state index contributed by atoms with van der Waals surface area (Å²) in [6, 6.07) is 1.73. The van der Waals surface area contributed by atoms with Gasteiger partial charge in [0.05, 0.1) is 0 Å². The van der Waals surface area contributed by atoms with Crippen molar-refractivity contribution < 1.29 is 17.2 Å². The molecule has 0 atom stereocenters. The van der Waals surface area contributed by atoms with Gasteiger partial charge in [-0.2, -0.15) is 4.31 Å². The highest BCUT2D eigenvalue weighted by Gasteiger charge is 2.35. The van der Waals surface area contributed by atoms with Gasteiger partial charge in [-0.3, -0.25) is 0 Å². The topological polar surface area (TPSA) is 63.4 Å². The number of halogens is 2. The van der Waals surface area contributed by atoms with Gasteiger partial charge in [0.1, 0.15) is 4.90 Å². The van der Waals surface area contributed by atoms with Crippen LogP contribution >= 0.6 is 0 Å². The van der Waals surface area contributed by atoms with E-state index in [1.54, 1.807) is 13.8 Å². The maximum atomic E-state index is 14.0. The minimum atomic E-state index is -4.08. The van der Waals surface area contributed by atoms with Gasteiger partial charge >= 0.3 is 0 Å². The summed E-state index contributed by atoms with van der Waals surface area (Å²) in [7, 11) is -4.08. The number of benzene rings is 1. The SMILES string of the molecule is CC(C)N(CC1CC1)S(=O)(=O)c1cc(CN)cc(F)c1F. The molecule has 0 amide bonds. The van der Waals surface area contributed by atoms with Gasteiger partial charge in [0.15, 0.2) is 11.6 Å². The van der Waals surface area contributed by atoms with E-state index in [2.05, 4.69) is 0 Å². The molecule has 0 unspecified atom stereocenters. The fourth-order valence-electron chi connectivity index (χ4n) is 2.19. The summed E-state index contributed by atoms with van der Waals surface area (Å²) in [4.78, 5) is -0.627. The zero-order chi connectivity index (χ0) is 15.8. The van der Waals surface area contributed by atoms with Gasteiger partial charge in [0.2, 0.25) is 10.0 Å². The predicted octanol–water partition coefficient (Wildman–Crippen LogP) is 2.23. The van der Waals surface area contributed by atoms with Gasteiger partial charge in [-0.25, -0.2) is 17.2 Å². The van der Waals surface area contributed by atoms with Crippen molar-refractivity contribution in [2.75, 3.05) is 6.54 Å². The van der Waals surface area contributed by atoms with Gasteiger partial charge < -0.3 is 5.73 Å². The quantitative estimate of drug-likeness (QED) is 0.875. The molecular weight excluding hydrogens is 298 g/mol. The van der Waals surface area contributed by atoms with E-state index >= 15 is 0 Å². The van der Waals surface area contributed by atoms with Crippen LogP contribution in [0.25, 0.3) is 0 Å². The molecule has 0 bridgehead atoms. The molecule has 1 fully saturated rings. The lowest BCUT2D eigenvalue weighted by Crippen LogP contribution is -2.39. The number of hydrogen-bond donors (Lipinski definition) is 1. The lowest BCUT2D eigenvalue weighted by atomic mass is 10.2. The Bertz CT molecular complexity index is 628. The van der Waals surface area contributed by atoms with Crippen molar-refractivity contribution in [2.24, 2.45) is 11.7 Å². The average Bonchev–Trinajstić information content (AvgIpc) is 3.22. The van der Waals surface area contributed by atoms with E-state index in [1.807, 2.05) is 0 Å². The zero-order valence-electron chi connectivity index (χ0n) is 12.1. The van der Waals surface area contributed by atoms with Crippen molar-refractivity contribution in [3.05, 3.63) is 29.3 Å². The Hall–Kier alpha value is -1.05. The number of rotatable bonds is 6. The second kappa shape index (κ2) is 5.98. The fraction of sp³-hybridized carbons (Fsp3) is 0.571. The van der Waals surface area contributed by atoms with Crippen molar-refractivity contribution in [3.63, 3.8) is 0 Å². The highest BCUT2D eigenvalue weighted by atomic mass is 32.2. The second-order valence-electron chi connectivity index (χ2n) is 5.71. The molecule has 0 heterocycles. The Morgan fingerprint density at radius 1 is 1.33 bits per heavy atom. The van der Waals surface area contributed by atoms with Gasteiger partial charge in [-0.15, -0.1) is 0 Å². The lowest BCUT2D eigenvalue weighted by molar-refractivity contribution is 0.339. The van der Waals surface area contributed by atoms with Crippen LogP contribution in [0.1, 0.15) is 32.3 Å². The van der Waals surface area contributed by atoms with E-state index in [0.717, 1.165) is 25.0 Å². The summed E-state index contributed by atoms with van der Waals surface area (Å²) in [6.45, 7) is 3.74. The second-order valence-corrected chi connectivity index (χ2v) is 7.56. The highest BCUT2D eigenvalue weighted by molar-refractivity contribution is 7.89. The molecule has 7 heteroatoms. The average molecular weight is 318 g/mol. The molecule has 118 valence electrons. The number of sulfonamides is 1. The van der Waals surface area contributed by atoms with Crippen LogP contribution in [0, 0.1) is 17.6 Å². The first-order valence-corrected chi connectivity index (χ1v) is 8.41. The van der Waals surface area contributed by atoms with Crippen LogP contribution in [0.4, 0.5) is 8.78 Å². The van der Waals surface area contributed by atoms with E-state index in [9.17, 15) is 17.2 Å². The summed E-state index contributed by atoms with van der Waals surface area (Å²) >= 11 is 0. The predicted molar refractivity (Wildman–Crippen MR) is 76.0 cm³/mol. The van der Waals surface area contributed by atoms with Crippen LogP contribution in [-0.2, 0) is 16.6 Å². The Balaban J connectivity index is 2.48. The Kier molecular flexibility index (Phi) is 4.65. The first kappa shape index (κ1) is 16.3. The minimum absolute atomic E-state index is 0.0516. The third-order valence-electron chi connectivity index (χ3n) is 3.59. The van der Waals surface area contributed by atoms with Crippen molar-refractivity contribution >= 4 is 10.0 Å². The normalized spacial score (nSPS) is 16.0. The summed E-state index contributed by atoms with van der Waals surface area (Å²) in [6.07, 6.45) is 1.94. The molecule has 0 spiro atoms. The van der Waals surface area contributed by atoms with Gasteiger partial charge in [-0.1, -0.05) is 0 Å². The molecule has 1 saturated carbocycles. The van der Waals surface area contributed by atoms with Crippen LogP contribution in [0.2, 0.25) is 0 Å². The molecule has 2 N–H and O–H groups in total. The first-order valence-electron chi connectivity index (χ1n) is 6.97. The van der Waals surface area contributed by atoms with Crippen LogP contribution in [0.15, 0.2) is 17.0 Å². The van der Waals surface area contributed by atoms with Crippen LogP contribution in [-0.4, -0.2) is 25.3 Å². The molecule has 1 aliphatic carbocycles. The molecule has 0 aromatic heterocycles. The fourth-order valence-corrected chi connectivity index (χ4v) is 4.03. The van der Waals surface area contributed by atoms with E-state index in [-0.39, 0.29) is 18.2 Å². The summed E-state index contributed by atoms with van der Waals surface area (Å²) in [5.41, 5.74) is 5.66. The summed E-state index contributed by atoms with van der Waals surface area (Å²) in [5.74, 6) is -2.21. The molecule has 1 aliphatic rings. The Morgan fingerprint density at radius 2 is 1.95 bits per heavy atom. The largest absolute Gasteiger partial charge is 0.326 e. The van der Waals surface area contributed by atoms with E-state index < -0.39 is 26.6 Å². The smallest absolute Gasteiger partial charge is 0.246 e. The summed E-state index contributed by atoms with van der Waals surface area (Å²) in [5, 5.41) is 0. The van der Waals surface area contributed by atoms with Crippen LogP contribution < -0.4 is 5.73 Å². The number of nitrogens with two attached hydrogens (primary N) is 1. The van der Waals surface area contributed by atoms with Crippen molar-refractivity contribution in [2.45, 2.75) is 44.2 Å². The third kappa shape index (κ3) is 3.41. The Morgan fingerprint density at radius 3 is 2.43 bits per heavy atom. The number of hydrogen-bond acceptors (Lipinski definition) is 3. The third-order valence-corrected chi connectivity index (χ3v) is 5.63. The van der Waals surface area contributed by atoms with Gasteiger partial charge in [0.25, 0.3) is 0 Å². The molecule has 0 radical (unpaired) electrons.